The van der Waals surface area contributed by atoms with Crippen LogP contribution in [-0.4, -0.2) is 36.5 Å². The lowest BCUT2D eigenvalue weighted by atomic mass is 10.0. The van der Waals surface area contributed by atoms with Gasteiger partial charge >= 0.3 is 0 Å². The van der Waals surface area contributed by atoms with Crippen molar-refractivity contribution in [3.8, 4) is 0 Å². The maximum atomic E-state index is 12.6. The van der Waals surface area contributed by atoms with Crippen molar-refractivity contribution in [3.05, 3.63) is 71.3 Å². The standard InChI is InChI=1S/C19H21NO2/c1-15-6-5-9-17(12-15)19(21)18-14-20(10-11-22-18)13-16-7-3-2-4-8-16/h2-9,12,18H,10-11,13-14H2,1H3. The maximum absolute atomic E-state index is 12.6. The van der Waals surface area contributed by atoms with E-state index in [9.17, 15) is 4.79 Å². The Morgan fingerprint density at radius 2 is 2.00 bits per heavy atom. The van der Waals surface area contributed by atoms with Crippen molar-refractivity contribution in [1.82, 2.24) is 4.90 Å². The fourth-order valence-corrected chi connectivity index (χ4v) is 2.83. The molecule has 0 bridgehead atoms. The van der Waals surface area contributed by atoms with Crippen molar-refractivity contribution in [2.24, 2.45) is 0 Å². The molecule has 3 nitrogen and oxygen atoms in total. The van der Waals surface area contributed by atoms with Crippen LogP contribution in [0.2, 0.25) is 0 Å². The van der Waals surface area contributed by atoms with Gasteiger partial charge in [0.15, 0.2) is 5.78 Å². The minimum atomic E-state index is -0.362. The first-order chi connectivity index (χ1) is 10.7. The van der Waals surface area contributed by atoms with Crippen LogP contribution >= 0.6 is 0 Å². The number of nitrogens with zero attached hydrogens (tertiary/aromatic N) is 1. The van der Waals surface area contributed by atoms with Gasteiger partial charge in [0.2, 0.25) is 0 Å². The Hall–Kier alpha value is -1.97. The summed E-state index contributed by atoms with van der Waals surface area (Å²) >= 11 is 0. The van der Waals surface area contributed by atoms with Gasteiger partial charge in [-0.3, -0.25) is 9.69 Å². The molecule has 1 unspecified atom stereocenters. The first-order valence-corrected chi connectivity index (χ1v) is 7.71. The molecular formula is C19H21NO2. The molecule has 1 aliphatic heterocycles. The van der Waals surface area contributed by atoms with Crippen LogP contribution in [0, 0.1) is 6.92 Å². The first kappa shape index (κ1) is 14.9. The van der Waals surface area contributed by atoms with Gasteiger partial charge in [0.1, 0.15) is 6.10 Å². The highest BCUT2D eigenvalue weighted by atomic mass is 16.5. The molecule has 0 saturated carbocycles. The number of Topliss-reactive ketones (excluding diaryl/α,β-unsaturated/α-hetero) is 1. The average Bonchev–Trinajstić information content (AvgIpc) is 2.55. The molecule has 1 fully saturated rings. The Balaban J connectivity index is 1.66. The van der Waals surface area contributed by atoms with Gasteiger partial charge in [-0.2, -0.15) is 0 Å². The van der Waals surface area contributed by atoms with E-state index in [-0.39, 0.29) is 11.9 Å². The highest BCUT2D eigenvalue weighted by molar-refractivity contribution is 5.99. The first-order valence-electron chi connectivity index (χ1n) is 7.71. The number of carbonyl (C=O) groups is 1. The lowest BCUT2D eigenvalue weighted by Gasteiger charge is -2.32. The van der Waals surface area contributed by atoms with Crippen molar-refractivity contribution < 1.29 is 9.53 Å². The Morgan fingerprint density at radius 1 is 1.18 bits per heavy atom. The highest BCUT2D eigenvalue weighted by Crippen LogP contribution is 2.15. The summed E-state index contributed by atoms with van der Waals surface area (Å²) in [6.07, 6.45) is -0.362. The van der Waals surface area contributed by atoms with E-state index in [1.165, 1.54) is 5.56 Å². The van der Waals surface area contributed by atoms with E-state index in [4.69, 9.17) is 4.74 Å². The summed E-state index contributed by atoms with van der Waals surface area (Å²) < 4.78 is 5.71. The average molecular weight is 295 g/mol. The lowest BCUT2D eigenvalue weighted by molar-refractivity contribution is -0.0190. The zero-order chi connectivity index (χ0) is 15.4. The number of ether oxygens (including phenoxy) is 1. The molecule has 114 valence electrons. The SMILES string of the molecule is Cc1cccc(C(=O)C2CN(Cc3ccccc3)CCO2)c1. The van der Waals surface area contributed by atoms with Gasteiger partial charge in [0.25, 0.3) is 0 Å². The van der Waals surface area contributed by atoms with E-state index in [1.807, 2.05) is 49.4 Å². The fraction of sp³-hybridized carbons (Fsp3) is 0.316. The predicted molar refractivity (Wildman–Crippen MR) is 87.0 cm³/mol. The molecule has 0 radical (unpaired) electrons. The van der Waals surface area contributed by atoms with E-state index in [1.54, 1.807) is 0 Å². The monoisotopic (exact) mass is 295 g/mol. The smallest absolute Gasteiger partial charge is 0.192 e. The number of aryl methyl sites for hydroxylation is 1. The molecule has 0 amide bonds. The lowest BCUT2D eigenvalue weighted by Crippen LogP contribution is -2.45. The number of morpholine rings is 1. The number of hydrogen-bond donors (Lipinski definition) is 0. The van der Waals surface area contributed by atoms with Gasteiger partial charge in [-0.25, -0.2) is 0 Å². The van der Waals surface area contributed by atoms with Crippen molar-refractivity contribution in [2.45, 2.75) is 19.6 Å². The van der Waals surface area contributed by atoms with Crippen LogP contribution in [0.15, 0.2) is 54.6 Å². The Bertz CT molecular complexity index is 639. The summed E-state index contributed by atoms with van der Waals surface area (Å²) in [5.41, 5.74) is 3.11. The summed E-state index contributed by atoms with van der Waals surface area (Å²) in [5.74, 6) is 0.0847. The quantitative estimate of drug-likeness (QED) is 0.812. The minimum Gasteiger partial charge on any atom is -0.367 e. The van der Waals surface area contributed by atoms with Crippen LogP contribution in [0.5, 0.6) is 0 Å². The third kappa shape index (κ3) is 3.62. The van der Waals surface area contributed by atoms with E-state index in [0.29, 0.717) is 13.2 Å². The third-order valence-electron chi connectivity index (χ3n) is 3.99. The molecule has 3 rings (SSSR count). The highest BCUT2D eigenvalue weighted by Gasteiger charge is 2.27. The number of rotatable bonds is 4. The Labute approximate surface area is 131 Å². The van der Waals surface area contributed by atoms with Gasteiger partial charge in [-0.1, -0.05) is 54.1 Å². The second-order valence-corrected chi connectivity index (χ2v) is 5.81. The van der Waals surface area contributed by atoms with Crippen molar-refractivity contribution in [2.75, 3.05) is 19.7 Å². The van der Waals surface area contributed by atoms with Crippen LogP contribution in [0.1, 0.15) is 21.5 Å². The summed E-state index contributed by atoms with van der Waals surface area (Å²) in [6, 6.07) is 18.1. The zero-order valence-electron chi connectivity index (χ0n) is 12.9. The molecule has 2 aromatic rings. The van der Waals surface area contributed by atoms with Gasteiger partial charge < -0.3 is 4.74 Å². The van der Waals surface area contributed by atoms with Gasteiger partial charge in [-0.05, 0) is 18.6 Å². The molecular weight excluding hydrogens is 274 g/mol. The Morgan fingerprint density at radius 3 is 2.77 bits per heavy atom. The molecule has 22 heavy (non-hydrogen) atoms. The largest absolute Gasteiger partial charge is 0.367 e. The summed E-state index contributed by atoms with van der Waals surface area (Å²) in [7, 11) is 0. The molecule has 2 aromatic carbocycles. The summed E-state index contributed by atoms with van der Waals surface area (Å²) in [4.78, 5) is 14.9. The second kappa shape index (κ2) is 6.86. The number of benzene rings is 2. The van der Waals surface area contributed by atoms with Gasteiger partial charge in [-0.15, -0.1) is 0 Å². The summed E-state index contributed by atoms with van der Waals surface area (Å²) in [5, 5.41) is 0. The topological polar surface area (TPSA) is 29.5 Å². The van der Waals surface area contributed by atoms with E-state index in [2.05, 4.69) is 17.0 Å². The molecule has 1 aliphatic rings. The molecule has 1 saturated heterocycles. The number of hydrogen-bond acceptors (Lipinski definition) is 3. The van der Waals surface area contributed by atoms with E-state index in [0.717, 1.165) is 24.2 Å². The van der Waals surface area contributed by atoms with Crippen molar-refractivity contribution >= 4 is 5.78 Å². The number of carbonyl (C=O) groups excluding carboxylic acids is 1. The molecule has 0 N–H and O–H groups in total. The van der Waals surface area contributed by atoms with Crippen molar-refractivity contribution in [3.63, 3.8) is 0 Å². The molecule has 3 heteroatoms. The molecule has 0 spiro atoms. The number of ketones is 1. The normalized spacial score (nSPS) is 19.0. The van der Waals surface area contributed by atoms with E-state index >= 15 is 0 Å². The summed E-state index contributed by atoms with van der Waals surface area (Å²) in [6.45, 7) is 4.99. The van der Waals surface area contributed by atoms with Crippen LogP contribution < -0.4 is 0 Å². The van der Waals surface area contributed by atoms with Crippen LogP contribution in [0.4, 0.5) is 0 Å². The van der Waals surface area contributed by atoms with Crippen LogP contribution in [0.3, 0.4) is 0 Å². The van der Waals surface area contributed by atoms with Gasteiger partial charge in [0.05, 0.1) is 6.61 Å². The maximum Gasteiger partial charge on any atom is 0.192 e. The molecule has 1 atom stereocenters. The predicted octanol–water partition coefficient (Wildman–Crippen LogP) is 3.08. The third-order valence-corrected chi connectivity index (χ3v) is 3.99. The van der Waals surface area contributed by atoms with Gasteiger partial charge in [0, 0.05) is 25.2 Å². The minimum absolute atomic E-state index is 0.0847. The fourth-order valence-electron chi connectivity index (χ4n) is 2.83. The molecule has 0 aromatic heterocycles. The van der Waals surface area contributed by atoms with Crippen LogP contribution in [0.25, 0.3) is 0 Å². The molecule has 0 aliphatic carbocycles. The zero-order valence-corrected chi connectivity index (χ0v) is 12.9. The van der Waals surface area contributed by atoms with Crippen molar-refractivity contribution in [1.29, 1.82) is 0 Å². The molecule has 1 heterocycles. The van der Waals surface area contributed by atoms with E-state index < -0.39 is 0 Å². The van der Waals surface area contributed by atoms with Crippen LogP contribution in [-0.2, 0) is 11.3 Å². The Kier molecular flexibility index (Phi) is 4.66. The second-order valence-electron chi connectivity index (χ2n) is 5.81.